The van der Waals surface area contributed by atoms with Gasteiger partial charge in [0.15, 0.2) is 0 Å². The van der Waals surface area contributed by atoms with Gasteiger partial charge in [0, 0.05) is 25.6 Å². The van der Waals surface area contributed by atoms with Crippen LogP contribution in [0.15, 0.2) is 24.3 Å². The lowest BCUT2D eigenvalue weighted by Crippen LogP contribution is -2.47. The van der Waals surface area contributed by atoms with Crippen molar-refractivity contribution in [2.24, 2.45) is 0 Å². The summed E-state index contributed by atoms with van der Waals surface area (Å²) in [6, 6.07) is 6.92. The molecule has 1 aliphatic rings. The first-order valence-corrected chi connectivity index (χ1v) is 6.82. The van der Waals surface area contributed by atoms with E-state index in [0.29, 0.717) is 13.0 Å². The lowest BCUT2D eigenvalue weighted by Gasteiger charge is -2.33. The monoisotopic (exact) mass is 286 g/mol. The minimum Gasteiger partial charge on any atom is -0.481 e. The summed E-state index contributed by atoms with van der Waals surface area (Å²) in [7, 11) is 0. The fraction of sp³-hybridized carbons (Fsp3) is 0.375. The number of nitrogens with zero attached hydrogens (tertiary/aromatic N) is 1. The first-order valence-electron chi connectivity index (χ1n) is 6.82. The highest BCUT2D eigenvalue weighted by atomic mass is 16.4. The SMILES string of the molecule is C#CCC(C)NC(=O)N1Cc2ccccc2C(C(=O)O)C1. The van der Waals surface area contributed by atoms with E-state index in [0.717, 1.165) is 11.1 Å². The number of carboxylic acids is 1. The molecule has 2 rings (SSSR count). The second-order valence-electron chi connectivity index (χ2n) is 5.23. The topological polar surface area (TPSA) is 69.6 Å². The van der Waals surface area contributed by atoms with E-state index < -0.39 is 11.9 Å². The van der Waals surface area contributed by atoms with Crippen LogP contribution in [0.25, 0.3) is 0 Å². The third-order valence-corrected chi connectivity index (χ3v) is 3.57. The number of carboxylic acid groups (broad SMARTS) is 1. The van der Waals surface area contributed by atoms with Crippen molar-refractivity contribution in [2.75, 3.05) is 6.54 Å². The Hall–Kier alpha value is -2.48. The van der Waals surface area contributed by atoms with Gasteiger partial charge in [0.25, 0.3) is 0 Å². The summed E-state index contributed by atoms with van der Waals surface area (Å²) in [5, 5.41) is 12.2. The molecule has 0 aliphatic carbocycles. The third-order valence-electron chi connectivity index (χ3n) is 3.57. The summed E-state index contributed by atoms with van der Waals surface area (Å²) in [6.07, 6.45) is 5.66. The van der Waals surface area contributed by atoms with E-state index in [9.17, 15) is 14.7 Å². The average Bonchev–Trinajstić information content (AvgIpc) is 2.46. The maximum absolute atomic E-state index is 12.2. The van der Waals surface area contributed by atoms with Crippen molar-refractivity contribution in [1.29, 1.82) is 0 Å². The third kappa shape index (κ3) is 3.34. The average molecular weight is 286 g/mol. The molecule has 0 bridgehead atoms. The Morgan fingerprint density at radius 3 is 2.90 bits per heavy atom. The molecule has 0 fully saturated rings. The van der Waals surface area contributed by atoms with Gasteiger partial charge in [-0.15, -0.1) is 12.3 Å². The van der Waals surface area contributed by atoms with Crippen LogP contribution in [0.2, 0.25) is 0 Å². The molecule has 5 nitrogen and oxygen atoms in total. The van der Waals surface area contributed by atoms with Crippen molar-refractivity contribution >= 4 is 12.0 Å². The molecule has 1 aromatic rings. The molecule has 1 heterocycles. The van der Waals surface area contributed by atoms with Gasteiger partial charge in [-0.05, 0) is 18.1 Å². The Morgan fingerprint density at radius 1 is 1.52 bits per heavy atom. The van der Waals surface area contributed by atoms with Gasteiger partial charge in [-0.25, -0.2) is 4.79 Å². The van der Waals surface area contributed by atoms with Crippen LogP contribution >= 0.6 is 0 Å². The highest BCUT2D eigenvalue weighted by Gasteiger charge is 2.32. The molecule has 2 unspecified atom stereocenters. The van der Waals surface area contributed by atoms with E-state index in [1.165, 1.54) is 4.90 Å². The number of fused-ring (bicyclic) bond motifs is 1. The summed E-state index contributed by atoms with van der Waals surface area (Å²) in [6.45, 7) is 2.40. The van der Waals surface area contributed by atoms with E-state index in [-0.39, 0.29) is 18.6 Å². The molecule has 0 aromatic heterocycles. The van der Waals surface area contributed by atoms with Gasteiger partial charge < -0.3 is 15.3 Å². The van der Waals surface area contributed by atoms with E-state index in [4.69, 9.17) is 6.42 Å². The number of hydrogen-bond acceptors (Lipinski definition) is 2. The molecule has 0 saturated carbocycles. The normalized spacial score (nSPS) is 18.3. The van der Waals surface area contributed by atoms with E-state index >= 15 is 0 Å². The van der Waals surface area contributed by atoms with Crippen molar-refractivity contribution in [2.45, 2.75) is 31.8 Å². The summed E-state index contributed by atoms with van der Waals surface area (Å²) in [5.41, 5.74) is 1.65. The Morgan fingerprint density at radius 2 is 2.24 bits per heavy atom. The Balaban J connectivity index is 2.16. The van der Waals surface area contributed by atoms with E-state index in [1.54, 1.807) is 0 Å². The van der Waals surface area contributed by atoms with Crippen LogP contribution < -0.4 is 5.32 Å². The molecule has 21 heavy (non-hydrogen) atoms. The number of terminal acetylenes is 1. The fourth-order valence-electron chi connectivity index (χ4n) is 2.50. The minimum absolute atomic E-state index is 0.136. The lowest BCUT2D eigenvalue weighted by atomic mass is 9.90. The van der Waals surface area contributed by atoms with Gasteiger partial charge >= 0.3 is 12.0 Å². The zero-order valence-electron chi connectivity index (χ0n) is 11.9. The smallest absolute Gasteiger partial charge is 0.317 e. The molecule has 2 N–H and O–H groups in total. The predicted molar refractivity (Wildman–Crippen MR) is 78.7 cm³/mol. The number of carbonyl (C=O) groups is 2. The molecular formula is C16H18N2O3. The number of nitrogens with one attached hydrogen (secondary N) is 1. The zero-order valence-corrected chi connectivity index (χ0v) is 11.9. The van der Waals surface area contributed by atoms with Gasteiger partial charge in [-0.3, -0.25) is 4.79 Å². The van der Waals surface area contributed by atoms with E-state index in [2.05, 4.69) is 11.2 Å². The number of hydrogen-bond donors (Lipinski definition) is 2. The zero-order chi connectivity index (χ0) is 15.4. The molecule has 1 aromatic carbocycles. The van der Waals surface area contributed by atoms with Crippen molar-refractivity contribution in [3.63, 3.8) is 0 Å². The number of carbonyl (C=O) groups excluding carboxylic acids is 1. The largest absolute Gasteiger partial charge is 0.481 e. The summed E-state index contributed by atoms with van der Waals surface area (Å²) in [4.78, 5) is 25.2. The predicted octanol–water partition coefficient (Wildman–Crippen LogP) is 1.79. The molecule has 2 amide bonds. The Labute approximate surface area is 124 Å². The quantitative estimate of drug-likeness (QED) is 0.832. The van der Waals surface area contributed by atoms with E-state index in [1.807, 2.05) is 31.2 Å². The van der Waals surface area contributed by atoms with Crippen LogP contribution in [0.1, 0.15) is 30.4 Å². The minimum atomic E-state index is -0.920. The molecule has 5 heteroatoms. The Kier molecular flexibility index (Phi) is 4.49. The van der Waals surface area contributed by atoms with Crippen molar-refractivity contribution in [3.05, 3.63) is 35.4 Å². The summed E-state index contributed by atoms with van der Waals surface area (Å²) < 4.78 is 0. The maximum atomic E-state index is 12.2. The number of rotatable bonds is 3. The first-order chi connectivity index (χ1) is 10.0. The highest BCUT2D eigenvalue weighted by Crippen LogP contribution is 2.28. The van der Waals surface area contributed by atoms with Crippen molar-refractivity contribution < 1.29 is 14.7 Å². The van der Waals surface area contributed by atoms with Crippen LogP contribution in [-0.4, -0.2) is 34.6 Å². The fourth-order valence-corrected chi connectivity index (χ4v) is 2.50. The van der Waals surface area contributed by atoms with Crippen LogP contribution in [0.5, 0.6) is 0 Å². The van der Waals surface area contributed by atoms with Gasteiger partial charge in [-0.1, -0.05) is 24.3 Å². The van der Waals surface area contributed by atoms with Crippen molar-refractivity contribution in [1.82, 2.24) is 10.2 Å². The number of amides is 2. The molecule has 2 atom stereocenters. The van der Waals surface area contributed by atoms with Crippen LogP contribution in [-0.2, 0) is 11.3 Å². The van der Waals surface area contributed by atoms with Gasteiger partial charge in [0.1, 0.15) is 0 Å². The van der Waals surface area contributed by atoms with Crippen LogP contribution in [0.4, 0.5) is 4.79 Å². The molecule has 1 aliphatic heterocycles. The second kappa shape index (κ2) is 6.31. The van der Waals surface area contributed by atoms with Gasteiger partial charge in [-0.2, -0.15) is 0 Å². The number of aliphatic carboxylic acids is 1. The van der Waals surface area contributed by atoms with Crippen LogP contribution in [0, 0.1) is 12.3 Å². The number of benzene rings is 1. The molecule has 110 valence electrons. The molecule has 0 saturated heterocycles. The molecule has 0 radical (unpaired) electrons. The van der Waals surface area contributed by atoms with Gasteiger partial charge in [0.05, 0.1) is 5.92 Å². The molecular weight excluding hydrogens is 268 g/mol. The highest BCUT2D eigenvalue weighted by molar-refractivity contribution is 5.81. The van der Waals surface area contributed by atoms with Crippen LogP contribution in [0.3, 0.4) is 0 Å². The van der Waals surface area contributed by atoms with Gasteiger partial charge in [0.2, 0.25) is 0 Å². The summed E-state index contributed by atoms with van der Waals surface area (Å²) >= 11 is 0. The maximum Gasteiger partial charge on any atom is 0.317 e. The molecule has 0 spiro atoms. The standard InChI is InChI=1S/C16H18N2O3/c1-3-6-11(2)17-16(21)18-9-12-7-4-5-8-13(12)14(10-18)15(19)20/h1,4-5,7-8,11,14H,6,9-10H2,2H3,(H,17,21)(H,19,20). The number of urea groups is 1. The lowest BCUT2D eigenvalue weighted by molar-refractivity contribution is -0.139. The Bertz CT molecular complexity index is 591. The summed E-state index contributed by atoms with van der Waals surface area (Å²) in [5.74, 6) is 0.880. The first kappa shape index (κ1) is 14.9. The van der Waals surface area contributed by atoms with Crippen molar-refractivity contribution in [3.8, 4) is 12.3 Å². The second-order valence-corrected chi connectivity index (χ2v) is 5.23.